The fourth-order valence-electron chi connectivity index (χ4n) is 3.58. The predicted octanol–water partition coefficient (Wildman–Crippen LogP) is 7.99. The van der Waals surface area contributed by atoms with Crippen molar-refractivity contribution in [2.24, 2.45) is 0 Å². The fraction of sp³-hybridized carbons (Fsp3) is 0.0370. The van der Waals surface area contributed by atoms with Gasteiger partial charge in [0, 0.05) is 21.7 Å². The number of rotatable bonds is 6. The maximum Gasteiger partial charge on any atom is 0.0952 e. The van der Waals surface area contributed by atoms with Crippen LogP contribution in [0.4, 0.5) is 0 Å². The molecule has 0 fully saturated rings. The minimum Gasteiger partial charge on any atom is -0.330 e. The van der Waals surface area contributed by atoms with Crippen LogP contribution >= 0.6 is 23.5 Å². The molecule has 0 aliphatic carbocycles. The topological polar surface area (TPSA) is 4.93 Å². The van der Waals surface area contributed by atoms with Crippen molar-refractivity contribution < 1.29 is 0 Å². The molecular formula is C27H21NS2. The van der Waals surface area contributed by atoms with Gasteiger partial charge in [0.05, 0.1) is 15.4 Å². The van der Waals surface area contributed by atoms with Gasteiger partial charge in [0.1, 0.15) is 0 Å². The highest BCUT2D eigenvalue weighted by atomic mass is 32.2. The summed E-state index contributed by atoms with van der Waals surface area (Å²) in [7, 11) is 0. The summed E-state index contributed by atoms with van der Waals surface area (Å²) in [6, 6.07) is 40.8. The van der Waals surface area contributed by atoms with E-state index in [0.29, 0.717) is 0 Å². The van der Waals surface area contributed by atoms with Gasteiger partial charge in [-0.2, -0.15) is 0 Å². The Morgan fingerprint density at radius 3 is 1.73 bits per heavy atom. The van der Waals surface area contributed by atoms with Crippen molar-refractivity contribution in [1.29, 1.82) is 0 Å². The van der Waals surface area contributed by atoms with Crippen molar-refractivity contribution in [3.05, 3.63) is 121 Å². The first-order chi connectivity index (χ1) is 14.9. The number of hydrogen-bond donors (Lipinski definition) is 0. The van der Waals surface area contributed by atoms with E-state index in [4.69, 9.17) is 0 Å². The van der Waals surface area contributed by atoms with Crippen LogP contribution in [0.25, 0.3) is 10.9 Å². The summed E-state index contributed by atoms with van der Waals surface area (Å²) in [4.78, 5) is 3.83. The molecule has 0 saturated carbocycles. The van der Waals surface area contributed by atoms with E-state index in [-0.39, 0.29) is 0 Å². The Balaban J connectivity index is 1.68. The Morgan fingerprint density at radius 1 is 0.533 bits per heavy atom. The predicted molar refractivity (Wildman–Crippen MR) is 129 cm³/mol. The number of benzene rings is 4. The van der Waals surface area contributed by atoms with Gasteiger partial charge in [-0.25, -0.2) is 0 Å². The number of aromatic nitrogens is 1. The standard InChI is InChI=1S/C27H21NS2/c1-4-12-21(13-5-1)20-28-25-19-11-10-18-24(25)26(29-22-14-6-2-7-15-22)27(28)30-23-16-8-3-9-17-23/h1-19H,20H2. The Labute approximate surface area is 185 Å². The molecule has 3 heteroatoms. The minimum absolute atomic E-state index is 0.853. The molecule has 5 rings (SSSR count). The first kappa shape index (κ1) is 19.1. The Morgan fingerprint density at radius 2 is 1.07 bits per heavy atom. The fourth-order valence-corrected chi connectivity index (χ4v) is 5.83. The van der Waals surface area contributed by atoms with Crippen LogP contribution in [0.15, 0.2) is 135 Å². The maximum absolute atomic E-state index is 2.47. The lowest BCUT2D eigenvalue weighted by atomic mass is 10.2. The summed E-state index contributed by atoms with van der Waals surface area (Å²) in [5.41, 5.74) is 2.59. The molecule has 4 aromatic carbocycles. The van der Waals surface area contributed by atoms with Crippen LogP contribution in [0.3, 0.4) is 0 Å². The van der Waals surface area contributed by atoms with Crippen molar-refractivity contribution in [2.45, 2.75) is 26.3 Å². The second-order valence-electron chi connectivity index (χ2n) is 7.05. The number of para-hydroxylation sites is 1. The van der Waals surface area contributed by atoms with Crippen LogP contribution < -0.4 is 0 Å². The normalized spacial score (nSPS) is 11.1. The first-order valence-corrected chi connectivity index (χ1v) is 11.6. The van der Waals surface area contributed by atoms with Gasteiger partial charge in [-0.15, -0.1) is 0 Å². The summed E-state index contributed by atoms with van der Waals surface area (Å²) < 4.78 is 2.47. The molecule has 30 heavy (non-hydrogen) atoms. The van der Waals surface area contributed by atoms with Gasteiger partial charge in [-0.05, 0) is 35.9 Å². The smallest absolute Gasteiger partial charge is 0.0952 e. The van der Waals surface area contributed by atoms with Gasteiger partial charge in [-0.1, -0.05) is 108 Å². The van der Waals surface area contributed by atoms with E-state index < -0.39 is 0 Å². The van der Waals surface area contributed by atoms with Crippen LogP contribution in [-0.2, 0) is 6.54 Å². The van der Waals surface area contributed by atoms with Crippen molar-refractivity contribution >= 4 is 34.4 Å². The van der Waals surface area contributed by atoms with Gasteiger partial charge in [-0.3, -0.25) is 0 Å². The van der Waals surface area contributed by atoms with Gasteiger partial charge in [0.2, 0.25) is 0 Å². The van der Waals surface area contributed by atoms with Crippen molar-refractivity contribution in [2.75, 3.05) is 0 Å². The summed E-state index contributed by atoms with van der Waals surface area (Å²) in [6.45, 7) is 0.853. The molecule has 1 nitrogen and oxygen atoms in total. The molecule has 0 aliphatic rings. The van der Waals surface area contributed by atoms with E-state index >= 15 is 0 Å². The molecule has 1 aromatic heterocycles. The van der Waals surface area contributed by atoms with E-state index in [2.05, 4.69) is 120 Å². The van der Waals surface area contributed by atoms with Crippen molar-refractivity contribution in [3.63, 3.8) is 0 Å². The maximum atomic E-state index is 2.47. The zero-order valence-electron chi connectivity index (χ0n) is 16.4. The van der Waals surface area contributed by atoms with Crippen LogP contribution in [-0.4, -0.2) is 4.57 Å². The molecule has 0 amide bonds. The third kappa shape index (κ3) is 4.04. The third-order valence-electron chi connectivity index (χ3n) is 4.98. The molecule has 1 heterocycles. The molecule has 0 atom stereocenters. The summed E-state index contributed by atoms with van der Waals surface area (Å²) in [6.07, 6.45) is 0. The second-order valence-corrected chi connectivity index (χ2v) is 9.20. The third-order valence-corrected chi connectivity index (χ3v) is 7.36. The summed E-state index contributed by atoms with van der Waals surface area (Å²) in [5.74, 6) is 0. The number of nitrogens with zero attached hydrogens (tertiary/aromatic N) is 1. The zero-order chi connectivity index (χ0) is 20.2. The van der Waals surface area contributed by atoms with E-state index in [1.165, 1.54) is 36.2 Å². The average Bonchev–Trinajstić information content (AvgIpc) is 3.08. The Kier molecular flexibility index (Phi) is 5.65. The summed E-state index contributed by atoms with van der Waals surface area (Å²) >= 11 is 3.70. The van der Waals surface area contributed by atoms with Crippen molar-refractivity contribution in [3.8, 4) is 0 Å². The largest absolute Gasteiger partial charge is 0.330 e. The van der Waals surface area contributed by atoms with Gasteiger partial charge < -0.3 is 4.57 Å². The Bertz CT molecular complexity index is 1170. The zero-order valence-corrected chi connectivity index (χ0v) is 18.1. The molecule has 146 valence electrons. The van der Waals surface area contributed by atoms with Crippen LogP contribution in [0.5, 0.6) is 0 Å². The Hall–Kier alpha value is -2.88. The van der Waals surface area contributed by atoms with E-state index in [0.717, 1.165) is 6.54 Å². The molecule has 5 aromatic rings. The molecule has 0 unspecified atom stereocenters. The van der Waals surface area contributed by atoms with E-state index in [1.807, 2.05) is 23.5 Å². The van der Waals surface area contributed by atoms with E-state index in [1.54, 1.807) is 0 Å². The quantitative estimate of drug-likeness (QED) is 0.273. The highest BCUT2D eigenvalue weighted by molar-refractivity contribution is 8.02. The van der Waals surface area contributed by atoms with Crippen LogP contribution in [0.2, 0.25) is 0 Å². The lowest BCUT2D eigenvalue weighted by Crippen LogP contribution is -2.01. The second kappa shape index (κ2) is 8.86. The molecule has 0 N–H and O–H groups in total. The van der Waals surface area contributed by atoms with Crippen LogP contribution in [0.1, 0.15) is 5.56 Å². The molecule has 0 spiro atoms. The number of fused-ring (bicyclic) bond motifs is 1. The molecule has 0 saturated heterocycles. The highest BCUT2D eigenvalue weighted by Crippen LogP contribution is 2.45. The summed E-state index contributed by atoms with van der Waals surface area (Å²) in [5, 5.41) is 2.60. The minimum atomic E-state index is 0.853. The molecule has 0 aliphatic heterocycles. The van der Waals surface area contributed by atoms with Crippen molar-refractivity contribution in [1.82, 2.24) is 4.57 Å². The molecule has 0 radical (unpaired) electrons. The number of hydrogen-bond acceptors (Lipinski definition) is 2. The first-order valence-electron chi connectivity index (χ1n) is 9.99. The van der Waals surface area contributed by atoms with Gasteiger partial charge >= 0.3 is 0 Å². The monoisotopic (exact) mass is 423 g/mol. The lowest BCUT2D eigenvalue weighted by molar-refractivity contribution is 0.744. The molecular weight excluding hydrogens is 402 g/mol. The van der Waals surface area contributed by atoms with Gasteiger partial charge in [0.25, 0.3) is 0 Å². The van der Waals surface area contributed by atoms with Gasteiger partial charge in [0.15, 0.2) is 0 Å². The average molecular weight is 424 g/mol. The molecule has 0 bridgehead atoms. The SMILES string of the molecule is c1ccc(Cn2c(Sc3ccccc3)c(Sc3ccccc3)c3ccccc32)cc1. The highest BCUT2D eigenvalue weighted by Gasteiger charge is 2.19. The lowest BCUT2D eigenvalue weighted by Gasteiger charge is -2.12. The van der Waals surface area contributed by atoms with Crippen LogP contribution in [0, 0.1) is 0 Å². The van der Waals surface area contributed by atoms with E-state index in [9.17, 15) is 0 Å².